The predicted molar refractivity (Wildman–Crippen MR) is 291 cm³/mol. The molecule has 0 bridgehead atoms. The highest BCUT2D eigenvalue weighted by Gasteiger charge is 2.13. The maximum atomic E-state index is 14.0. The minimum absolute atomic E-state index is 0.523. The van der Waals surface area contributed by atoms with E-state index in [9.17, 15) is 14.5 Å². The molecule has 67 heavy (non-hydrogen) atoms. The van der Waals surface area contributed by atoms with Crippen molar-refractivity contribution in [3.63, 3.8) is 0 Å². The van der Waals surface area contributed by atoms with Crippen LogP contribution in [-0.4, -0.2) is 23.0 Å². The summed E-state index contributed by atoms with van der Waals surface area (Å²) in [6.07, 6.45) is 60.2. The normalized spacial score (nSPS) is 11.7. The van der Waals surface area contributed by atoms with Crippen LogP contribution in [0.1, 0.15) is 267 Å². The van der Waals surface area contributed by atoms with Gasteiger partial charge in [-0.25, -0.2) is 0 Å². The van der Waals surface area contributed by atoms with Crippen molar-refractivity contribution in [2.24, 2.45) is 0 Å². The summed E-state index contributed by atoms with van der Waals surface area (Å²) in [5.41, 5.74) is 4.24. The first-order chi connectivity index (χ1) is 33.0. The highest BCUT2D eigenvalue weighted by atomic mass is 19.1. The summed E-state index contributed by atoms with van der Waals surface area (Å²) in [7, 11) is 0. The van der Waals surface area contributed by atoms with E-state index in [1.54, 1.807) is 12.2 Å². The number of anilines is 1. The number of hydrogen-bond donors (Lipinski definition) is 0. The molecule has 0 aliphatic rings. The van der Waals surface area contributed by atoms with Gasteiger partial charge in [0.05, 0.1) is 10.6 Å². The van der Waals surface area contributed by atoms with Gasteiger partial charge in [0.2, 0.25) is 5.82 Å². The number of pyridine rings is 1. The van der Waals surface area contributed by atoms with Crippen LogP contribution in [0.4, 0.5) is 15.8 Å². The molecule has 0 radical (unpaired) electrons. The average Bonchev–Trinajstić information content (AvgIpc) is 3.34. The maximum Gasteiger partial charge on any atom is 0.304 e. The summed E-state index contributed by atoms with van der Waals surface area (Å²) in [5, 5.41) is 10.9. The number of nitro groups is 1. The molecule has 3 rings (SSSR count). The van der Waals surface area contributed by atoms with Gasteiger partial charge in [0.25, 0.3) is 0 Å². The number of rotatable bonds is 44. The summed E-state index contributed by atoms with van der Waals surface area (Å²) in [4.78, 5) is 17.4. The van der Waals surface area contributed by atoms with Crippen molar-refractivity contribution >= 4 is 35.7 Å². The Labute approximate surface area is 410 Å². The summed E-state index contributed by atoms with van der Waals surface area (Å²) in [6.45, 7) is 6.87. The molecule has 5 nitrogen and oxygen atoms in total. The standard InChI is InChI=1S/C61H96FN3O2/c1-3-5-7-9-11-13-15-17-19-21-23-25-27-29-31-33-35-37-51-64(52-38-36-34-32-30-28-26-24-22-20-18-16-14-12-10-8-6-4-2)59-48-43-55(44-49-59)39-40-57-42-47-58(63-54-57)46-41-56-45-50-61(65(66)67)60(62)53-56/h39-50,53-54H,3-38,51-52H2,1-2H3. The topological polar surface area (TPSA) is 59.3 Å². The Hall–Kier alpha value is -3.80. The fourth-order valence-corrected chi connectivity index (χ4v) is 9.34. The molecule has 1 heterocycles. The van der Waals surface area contributed by atoms with Crippen molar-refractivity contribution in [1.29, 1.82) is 0 Å². The van der Waals surface area contributed by atoms with Crippen LogP contribution < -0.4 is 4.90 Å². The van der Waals surface area contributed by atoms with Crippen LogP contribution in [0.3, 0.4) is 0 Å². The quantitative estimate of drug-likeness (QED) is 0.0322. The monoisotopic (exact) mass is 922 g/mol. The third kappa shape index (κ3) is 29.6. The van der Waals surface area contributed by atoms with Crippen molar-refractivity contribution in [2.75, 3.05) is 18.0 Å². The van der Waals surface area contributed by atoms with E-state index in [2.05, 4.69) is 60.1 Å². The van der Waals surface area contributed by atoms with Gasteiger partial charge in [0.1, 0.15) is 0 Å². The molecule has 0 saturated carbocycles. The lowest BCUT2D eigenvalue weighted by Crippen LogP contribution is -2.25. The van der Waals surface area contributed by atoms with Crippen LogP contribution in [0.2, 0.25) is 0 Å². The minimum Gasteiger partial charge on any atom is -0.372 e. The van der Waals surface area contributed by atoms with E-state index < -0.39 is 16.4 Å². The Morgan fingerprint density at radius 1 is 0.448 bits per heavy atom. The van der Waals surface area contributed by atoms with Gasteiger partial charge in [0, 0.05) is 31.0 Å². The lowest BCUT2D eigenvalue weighted by atomic mass is 10.0. The molecule has 0 aliphatic heterocycles. The molecule has 0 amide bonds. The molecule has 0 spiro atoms. The first-order valence-electron chi connectivity index (χ1n) is 28.1. The zero-order chi connectivity index (χ0) is 47.7. The molecule has 0 N–H and O–H groups in total. The fourth-order valence-electron chi connectivity index (χ4n) is 9.34. The lowest BCUT2D eigenvalue weighted by molar-refractivity contribution is -0.387. The van der Waals surface area contributed by atoms with E-state index in [0.717, 1.165) is 29.9 Å². The number of aromatic nitrogens is 1. The Morgan fingerprint density at radius 3 is 1.15 bits per heavy atom. The molecule has 0 aliphatic carbocycles. The third-order valence-electron chi connectivity index (χ3n) is 13.7. The Bertz CT molecular complexity index is 1650. The molecule has 3 aromatic rings. The summed E-state index contributed by atoms with van der Waals surface area (Å²) in [6, 6.07) is 16.9. The van der Waals surface area contributed by atoms with Gasteiger partial charge in [-0.15, -0.1) is 0 Å². The molecule has 374 valence electrons. The van der Waals surface area contributed by atoms with Gasteiger partial charge in [-0.2, -0.15) is 4.39 Å². The van der Waals surface area contributed by atoms with Crippen LogP contribution in [0.5, 0.6) is 0 Å². The third-order valence-corrected chi connectivity index (χ3v) is 13.7. The van der Waals surface area contributed by atoms with Gasteiger partial charge < -0.3 is 4.90 Å². The summed E-state index contributed by atoms with van der Waals surface area (Å²) >= 11 is 0. The van der Waals surface area contributed by atoms with Crippen LogP contribution in [0.15, 0.2) is 60.8 Å². The second-order valence-electron chi connectivity index (χ2n) is 19.8. The van der Waals surface area contributed by atoms with E-state index in [4.69, 9.17) is 0 Å². The molecule has 2 aromatic carbocycles. The SMILES string of the molecule is CCCCCCCCCCCCCCCCCCCCN(CCCCCCCCCCCCCCCCCCCC)c1ccc(C=Cc2ccc(C=Cc3ccc([N+](=O)[O-])c(F)c3)nc2)cc1. The molecule has 0 saturated heterocycles. The molecular weight excluding hydrogens is 826 g/mol. The maximum absolute atomic E-state index is 14.0. The number of benzene rings is 2. The van der Waals surface area contributed by atoms with Gasteiger partial charge >= 0.3 is 5.69 Å². The molecule has 0 fully saturated rings. The van der Waals surface area contributed by atoms with E-state index in [1.165, 1.54) is 255 Å². The Morgan fingerprint density at radius 2 is 0.791 bits per heavy atom. The summed E-state index contributed by atoms with van der Waals surface area (Å²) < 4.78 is 14.0. The number of unbranched alkanes of at least 4 members (excludes halogenated alkanes) is 34. The van der Waals surface area contributed by atoms with E-state index >= 15 is 0 Å². The highest BCUT2D eigenvalue weighted by molar-refractivity contribution is 5.72. The minimum atomic E-state index is -0.845. The first kappa shape index (κ1) is 57.5. The number of nitro benzene ring substituents is 1. The smallest absolute Gasteiger partial charge is 0.304 e. The van der Waals surface area contributed by atoms with E-state index in [0.29, 0.717) is 5.56 Å². The van der Waals surface area contributed by atoms with Gasteiger partial charge in [-0.05, 0) is 65.9 Å². The molecule has 0 unspecified atom stereocenters. The van der Waals surface area contributed by atoms with Crippen LogP contribution in [-0.2, 0) is 0 Å². The Balaban J connectivity index is 1.35. The number of halogens is 1. The number of hydrogen-bond acceptors (Lipinski definition) is 4. The second kappa shape index (κ2) is 40.1. The second-order valence-corrected chi connectivity index (χ2v) is 19.8. The zero-order valence-corrected chi connectivity index (χ0v) is 43.0. The zero-order valence-electron chi connectivity index (χ0n) is 43.0. The van der Waals surface area contributed by atoms with Crippen LogP contribution in [0, 0.1) is 15.9 Å². The van der Waals surface area contributed by atoms with Crippen molar-refractivity contribution < 1.29 is 9.31 Å². The van der Waals surface area contributed by atoms with Crippen LogP contribution in [0.25, 0.3) is 24.3 Å². The van der Waals surface area contributed by atoms with Crippen molar-refractivity contribution in [3.05, 3.63) is 99.1 Å². The molecule has 1 aromatic heterocycles. The molecular formula is C61H96FN3O2. The van der Waals surface area contributed by atoms with Crippen LogP contribution >= 0.6 is 0 Å². The van der Waals surface area contributed by atoms with Gasteiger partial charge in [-0.1, -0.05) is 269 Å². The predicted octanol–water partition coefficient (Wildman–Crippen LogP) is 20.4. The van der Waals surface area contributed by atoms with E-state index in [-0.39, 0.29) is 0 Å². The Kier molecular flexibility index (Phi) is 34.4. The van der Waals surface area contributed by atoms with E-state index in [1.807, 2.05) is 18.3 Å². The molecule has 0 atom stereocenters. The van der Waals surface area contributed by atoms with Gasteiger partial charge in [0.15, 0.2) is 0 Å². The largest absolute Gasteiger partial charge is 0.372 e. The van der Waals surface area contributed by atoms with Crippen molar-refractivity contribution in [3.8, 4) is 0 Å². The fraction of sp³-hybridized carbons (Fsp3) is 0.656. The molecule has 6 heteroatoms. The first-order valence-corrected chi connectivity index (χ1v) is 28.1. The lowest BCUT2D eigenvalue weighted by Gasteiger charge is -2.25. The van der Waals surface area contributed by atoms with Crippen molar-refractivity contribution in [1.82, 2.24) is 4.98 Å². The summed E-state index contributed by atoms with van der Waals surface area (Å²) in [5.74, 6) is -0.845. The van der Waals surface area contributed by atoms with Gasteiger partial charge in [-0.3, -0.25) is 15.1 Å². The van der Waals surface area contributed by atoms with Crippen molar-refractivity contribution in [2.45, 2.75) is 245 Å². The number of nitrogens with zero attached hydrogens (tertiary/aromatic N) is 3. The highest BCUT2D eigenvalue weighted by Crippen LogP contribution is 2.23. The average molecular weight is 922 g/mol.